The van der Waals surface area contributed by atoms with Crippen LogP contribution in [0.1, 0.15) is 39.1 Å². The highest BCUT2D eigenvalue weighted by Crippen LogP contribution is 2.39. The molecule has 0 saturated heterocycles. The summed E-state index contributed by atoms with van der Waals surface area (Å²) in [6.45, 7) is 0.105. The van der Waals surface area contributed by atoms with Crippen molar-refractivity contribution in [3.05, 3.63) is 65.0 Å². The molecule has 4 rings (SSSR count). The maximum Gasteiger partial charge on any atom is 0.269 e. The van der Waals surface area contributed by atoms with Gasteiger partial charge in [0.1, 0.15) is 10.7 Å². The lowest BCUT2D eigenvalue weighted by Crippen LogP contribution is -2.32. The molecule has 1 aliphatic heterocycles. The number of hydrogen-bond acceptors (Lipinski definition) is 4. The van der Waals surface area contributed by atoms with Gasteiger partial charge in [0, 0.05) is 18.2 Å². The van der Waals surface area contributed by atoms with E-state index in [9.17, 15) is 22.4 Å². The van der Waals surface area contributed by atoms with Crippen LogP contribution in [0.5, 0.6) is 0 Å². The molecule has 2 aromatic rings. The van der Waals surface area contributed by atoms with Gasteiger partial charge in [0.05, 0.1) is 5.56 Å². The van der Waals surface area contributed by atoms with Gasteiger partial charge in [-0.15, -0.1) is 0 Å². The van der Waals surface area contributed by atoms with Crippen molar-refractivity contribution in [1.29, 1.82) is 0 Å². The van der Waals surface area contributed by atoms with Crippen molar-refractivity contribution in [2.24, 2.45) is 0 Å². The largest absolute Gasteiger partial charge is 0.348 e. The Labute approximate surface area is 149 Å². The zero-order chi connectivity index (χ0) is 18.5. The van der Waals surface area contributed by atoms with Crippen LogP contribution >= 0.6 is 0 Å². The maximum atomic E-state index is 13.2. The Morgan fingerprint density at radius 2 is 1.96 bits per heavy atom. The Morgan fingerprint density at radius 3 is 2.65 bits per heavy atom. The average molecular weight is 374 g/mol. The molecule has 134 valence electrons. The van der Waals surface area contributed by atoms with Gasteiger partial charge in [-0.25, -0.2) is 17.1 Å². The standard InChI is InChI=1S/C18H15FN2O4S/c19-13-3-1-2-11(8-13)10-20-17(22)12-4-7-15-16(9-12)26(24,25)21(18(15)23)14-5-6-14/h1-4,7-9,14H,5-6,10H2,(H,20,22). The summed E-state index contributed by atoms with van der Waals surface area (Å²) in [5, 5.41) is 2.62. The molecule has 1 saturated carbocycles. The molecular weight excluding hydrogens is 359 g/mol. The smallest absolute Gasteiger partial charge is 0.269 e. The lowest BCUT2D eigenvalue weighted by molar-refractivity contribution is 0.0863. The van der Waals surface area contributed by atoms with E-state index in [0.29, 0.717) is 18.4 Å². The highest BCUT2D eigenvalue weighted by molar-refractivity contribution is 7.90. The van der Waals surface area contributed by atoms with Crippen molar-refractivity contribution < 1.29 is 22.4 Å². The molecule has 26 heavy (non-hydrogen) atoms. The van der Waals surface area contributed by atoms with E-state index in [1.807, 2.05) is 0 Å². The highest BCUT2D eigenvalue weighted by Gasteiger charge is 2.48. The first-order valence-corrected chi connectivity index (χ1v) is 9.57. The summed E-state index contributed by atoms with van der Waals surface area (Å²) in [6.07, 6.45) is 1.33. The molecular formula is C18H15FN2O4S. The van der Waals surface area contributed by atoms with Crippen molar-refractivity contribution in [1.82, 2.24) is 9.62 Å². The lowest BCUT2D eigenvalue weighted by Gasteiger charge is -2.13. The minimum atomic E-state index is -3.91. The zero-order valence-electron chi connectivity index (χ0n) is 13.6. The molecule has 1 aliphatic carbocycles. The van der Waals surface area contributed by atoms with E-state index in [1.165, 1.54) is 36.4 Å². The fraction of sp³-hybridized carbons (Fsp3) is 0.222. The minimum absolute atomic E-state index is 0.0959. The maximum absolute atomic E-state index is 13.2. The third kappa shape index (κ3) is 2.76. The number of sulfonamides is 1. The van der Waals surface area contributed by atoms with Gasteiger partial charge in [0.2, 0.25) is 0 Å². The summed E-state index contributed by atoms with van der Waals surface area (Å²) in [7, 11) is -3.91. The number of halogens is 1. The van der Waals surface area contributed by atoms with Gasteiger partial charge in [0.25, 0.3) is 21.8 Å². The van der Waals surface area contributed by atoms with Gasteiger partial charge in [-0.3, -0.25) is 9.59 Å². The van der Waals surface area contributed by atoms with Crippen molar-refractivity contribution in [3.8, 4) is 0 Å². The van der Waals surface area contributed by atoms with Crippen LogP contribution in [0.4, 0.5) is 4.39 Å². The van der Waals surface area contributed by atoms with Crippen LogP contribution in [0.2, 0.25) is 0 Å². The van der Waals surface area contributed by atoms with E-state index in [4.69, 9.17) is 0 Å². The van der Waals surface area contributed by atoms with Gasteiger partial charge >= 0.3 is 0 Å². The fourth-order valence-corrected chi connectivity index (χ4v) is 4.83. The monoisotopic (exact) mass is 374 g/mol. The first-order chi connectivity index (χ1) is 12.4. The first kappa shape index (κ1) is 16.7. The molecule has 1 heterocycles. The predicted octanol–water partition coefficient (Wildman–Crippen LogP) is 2.06. The van der Waals surface area contributed by atoms with Crippen LogP contribution in [0, 0.1) is 5.82 Å². The molecule has 2 aliphatic rings. The average Bonchev–Trinajstić information content (AvgIpc) is 3.41. The quantitative estimate of drug-likeness (QED) is 0.888. The van der Waals surface area contributed by atoms with E-state index < -0.39 is 27.7 Å². The molecule has 2 aromatic carbocycles. The molecule has 0 radical (unpaired) electrons. The molecule has 0 aromatic heterocycles. The predicted molar refractivity (Wildman–Crippen MR) is 90.4 cm³/mol. The number of nitrogens with zero attached hydrogens (tertiary/aromatic N) is 1. The Morgan fingerprint density at radius 1 is 1.19 bits per heavy atom. The van der Waals surface area contributed by atoms with Crippen LogP contribution in [-0.2, 0) is 16.6 Å². The van der Waals surface area contributed by atoms with Crippen LogP contribution in [0.25, 0.3) is 0 Å². The van der Waals surface area contributed by atoms with Gasteiger partial charge < -0.3 is 5.32 Å². The number of hydrogen-bond donors (Lipinski definition) is 1. The van der Waals surface area contributed by atoms with E-state index in [0.717, 1.165) is 4.31 Å². The van der Waals surface area contributed by atoms with E-state index >= 15 is 0 Å². The van der Waals surface area contributed by atoms with Gasteiger partial charge in [-0.1, -0.05) is 12.1 Å². The molecule has 8 heteroatoms. The third-order valence-corrected chi connectivity index (χ3v) is 6.31. The SMILES string of the molecule is O=C(NCc1cccc(F)c1)c1ccc2c(c1)S(=O)(=O)N(C1CC1)C2=O. The van der Waals surface area contributed by atoms with Gasteiger partial charge in [0.15, 0.2) is 0 Å². The normalized spacial score (nSPS) is 17.9. The molecule has 1 fully saturated rings. The molecule has 0 unspecified atom stereocenters. The van der Waals surface area contributed by atoms with Crippen LogP contribution in [-0.4, -0.2) is 30.6 Å². The number of carbonyl (C=O) groups is 2. The second-order valence-electron chi connectivity index (χ2n) is 6.36. The Hall–Kier alpha value is -2.74. The van der Waals surface area contributed by atoms with E-state index in [-0.39, 0.29) is 28.6 Å². The molecule has 2 amide bonds. The number of benzene rings is 2. The Balaban J connectivity index is 1.57. The number of nitrogens with one attached hydrogen (secondary N) is 1. The molecule has 6 nitrogen and oxygen atoms in total. The highest BCUT2D eigenvalue weighted by atomic mass is 32.2. The number of amides is 2. The summed E-state index contributed by atoms with van der Waals surface area (Å²) in [5.74, 6) is -1.43. The van der Waals surface area contributed by atoms with Gasteiger partial charge in [-0.2, -0.15) is 0 Å². The summed E-state index contributed by atoms with van der Waals surface area (Å²) >= 11 is 0. The lowest BCUT2D eigenvalue weighted by atomic mass is 10.1. The Bertz CT molecular complexity index is 1030. The number of rotatable bonds is 4. The van der Waals surface area contributed by atoms with Crippen LogP contribution in [0.3, 0.4) is 0 Å². The third-order valence-electron chi connectivity index (χ3n) is 4.43. The summed E-state index contributed by atoms with van der Waals surface area (Å²) < 4.78 is 39.3. The van der Waals surface area contributed by atoms with Gasteiger partial charge in [-0.05, 0) is 48.7 Å². The topological polar surface area (TPSA) is 83.6 Å². The van der Waals surface area contributed by atoms with E-state index in [1.54, 1.807) is 6.07 Å². The summed E-state index contributed by atoms with van der Waals surface area (Å²) in [5.41, 5.74) is 0.815. The van der Waals surface area contributed by atoms with Crippen molar-refractivity contribution in [2.45, 2.75) is 30.3 Å². The first-order valence-electron chi connectivity index (χ1n) is 8.13. The summed E-state index contributed by atoms with van der Waals surface area (Å²) in [4.78, 5) is 24.5. The summed E-state index contributed by atoms with van der Waals surface area (Å²) in [6, 6.07) is 9.56. The Kier molecular flexibility index (Phi) is 3.80. The van der Waals surface area contributed by atoms with Crippen LogP contribution in [0.15, 0.2) is 47.4 Å². The zero-order valence-corrected chi connectivity index (χ0v) is 14.4. The molecule has 0 spiro atoms. The molecule has 0 bridgehead atoms. The number of carbonyl (C=O) groups excluding carboxylic acids is 2. The van der Waals surface area contributed by atoms with Crippen molar-refractivity contribution in [2.75, 3.05) is 0 Å². The second kappa shape index (κ2) is 5.91. The minimum Gasteiger partial charge on any atom is -0.348 e. The molecule has 0 atom stereocenters. The fourth-order valence-electron chi connectivity index (χ4n) is 2.99. The molecule has 1 N–H and O–H groups in total. The second-order valence-corrected chi connectivity index (χ2v) is 8.14. The van der Waals surface area contributed by atoms with Crippen molar-refractivity contribution >= 4 is 21.8 Å². The van der Waals surface area contributed by atoms with Crippen LogP contribution < -0.4 is 5.32 Å². The number of fused-ring (bicyclic) bond motifs is 1. The van der Waals surface area contributed by atoms with Crippen molar-refractivity contribution in [3.63, 3.8) is 0 Å². The van der Waals surface area contributed by atoms with E-state index in [2.05, 4.69) is 5.32 Å².